The summed E-state index contributed by atoms with van der Waals surface area (Å²) < 4.78 is 15.1. The minimum absolute atomic E-state index is 0.0448. The van der Waals surface area contributed by atoms with E-state index in [-0.39, 0.29) is 22.0 Å². The molecule has 0 aliphatic heterocycles. The molecule has 0 atom stereocenters. The monoisotopic (exact) mass is 505 g/mol. The molecule has 1 aromatic heterocycles. The summed E-state index contributed by atoms with van der Waals surface area (Å²) in [7, 11) is 0. The lowest BCUT2D eigenvalue weighted by Crippen LogP contribution is -2.16. The van der Waals surface area contributed by atoms with Crippen LogP contribution < -0.4 is 11.1 Å². The second-order valence-corrected chi connectivity index (χ2v) is 8.53. The van der Waals surface area contributed by atoms with Crippen LogP contribution in [0.15, 0.2) is 60.7 Å². The summed E-state index contributed by atoms with van der Waals surface area (Å²) in [5.74, 6) is -1.72. The summed E-state index contributed by atoms with van der Waals surface area (Å²) in [4.78, 5) is 35.6. The van der Waals surface area contributed by atoms with E-state index in [4.69, 9.17) is 17.3 Å². The van der Waals surface area contributed by atoms with Gasteiger partial charge in [0.25, 0.3) is 17.5 Å². The number of rotatable bonds is 5. The Kier molecular flexibility index (Phi) is 5.73. The molecule has 1 aliphatic rings. The number of aryl methyl sites for hydroxylation is 1. The van der Waals surface area contributed by atoms with Gasteiger partial charge in [0.1, 0.15) is 10.8 Å². The number of nitro groups is 1. The lowest BCUT2D eigenvalue weighted by Gasteiger charge is -2.20. The van der Waals surface area contributed by atoms with Crippen LogP contribution in [0.4, 0.5) is 15.8 Å². The van der Waals surface area contributed by atoms with Gasteiger partial charge in [0.05, 0.1) is 21.9 Å². The third-order valence-electron chi connectivity index (χ3n) is 5.97. The van der Waals surface area contributed by atoms with Crippen molar-refractivity contribution in [2.24, 2.45) is 5.73 Å². The highest BCUT2D eigenvalue weighted by atomic mass is 35.5. The number of nitrogens with zero attached hydrogens (tertiary/aromatic N) is 3. The molecule has 0 saturated carbocycles. The van der Waals surface area contributed by atoms with Crippen LogP contribution >= 0.6 is 11.6 Å². The number of aromatic nitrogens is 2. The van der Waals surface area contributed by atoms with Crippen LogP contribution in [0.2, 0.25) is 5.02 Å². The van der Waals surface area contributed by atoms with E-state index in [2.05, 4.69) is 10.4 Å². The van der Waals surface area contributed by atoms with E-state index in [9.17, 15) is 24.1 Å². The second-order valence-electron chi connectivity index (χ2n) is 8.15. The van der Waals surface area contributed by atoms with Gasteiger partial charge >= 0.3 is 0 Å². The van der Waals surface area contributed by atoms with Crippen LogP contribution in [-0.4, -0.2) is 26.5 Å². The first-order valence-electron chi connectivity index (χ1n) is 10.8. The van der Waals surface area contributed by atoms with Crippen molar-refractivity contribution in [2.45, 2.75) is 12.8 Å². The summed E-state index contributed by atoms with van der Waals surface area (Å²) >= 11 is 6.09. The first kappa shape index (κ1) is 23.2. The fraction of sp³-hybridized carbons (Fsp3) is 0.0800. The molecule has 36 heavy (non-hydrogen) atoms. The molecular weight excluding hydrogens is 489 g/mol. The fourth-order valence-electron chi connectivity index (χ4n) is 4.32. The van der Waals surface area contributed by atoms with Gasteiger partial charge < -0.3 is 11.1 Å². The minimum atomic E-state index is -0.680. The van der Waals surface area contributed by atoms with Gasteiger partial charge in [-0.15, -0.1) is 0 Å². The maximum Gasteiger partial charge on any atom is 0.288 e. The van der Waals surface area contributed by atoms with Crippen molar-refractivity contribution in [2.75, 3.05) is 5.32 Å². The molecule has 2 amide bonds. The SMILES string of the molecule is NC(=O)c1nn(-c2ccc(F)cc2)c2c1CCc1ccc(NC(=O)c3cccc([N+](=O)[O-])c3Cl)cc1-2. The molecule has 11 heteroatoms. The highest BCUT2D eigenvalue weighted by molar-refractivity contribution is 6.36. The molecule has 0 radical (unpaired) electrons. The Balaban J connectivity index is 1.58. The van der Waals surface area contributed by atoms with Gasteiger partial charge in [0.2, 0.25) is 0 Å². The predicted octanol–water partition coefficient (Wildman–Crippen LogP) is 4.69. The topological polar surface area (TPSA) is 133 Å². The van der Waals surface area contributed by atoms with Crippen molar-refractivity contribution in [1.29, 1.82) is 0 Å². The average molecular weight is 506 g/mol. The number of primary amides is 1. The van der Waals surface area contributed by atoms with Crippen LogP contribution in [0.3, 0.4) is 0 Å². The normalized spacial score (nSPS) is 11.9. The molecule has 0 fully saturated rings. The van der Waals surface area contributed by atoms with Crippen molar-refractivity contribution in [3.63, 3.8) is 0 Å². The number of hydrogen-bond acceptors (Lipinski definition) is 5. The van der Waals surface area contributed by atoms with Gasteiger partial charge in [-0.1, -0.05) is 23.7 Å². The maximum atomic E-state index is 13.5. The molecule has 5 rings (SSSR count). The van der Waals surface area contributed by atoms with Gasteiger partial charge in [-0.3, -0.25) is 19.7 Å². The van der Waals surface area contributed by atoms with Crippen molar-refractivity contribution in [3.8, 4) is 16.9 Å². The van der Waals surface area contributed by atoms with Crippen molar-refractivity contribution < 1.29 is 18.9 Å². The van der Waals surface area contributed by atoms with E-state index < -0.39 is 22.6 Å². The zero-order valence-electron chi connectivity index (χ0n) is 18.5. The number of amides is 2. The van der Waals surface area contributed by atoms with E-state index in [1.54, 1.807) is 12.1 Å². The molecule has 1 aliphatic carbocycles. The van der Waals surface area contributed by atoms with Crippen LogP contribution in [0.1, 0.15) is 32.0 Å². The smallest absolute Gasteiger partial charge is 0.288 e. The lowest BCUT2D eigenvalue weighted by atomic mass is 9.88. The first-order valence-corrected chi connectivity index (χ1v) is 11.2. The molecule has 0 saturated heterocycles. The summed E-state index contributed by atoms with van der Waals surface area (Å²) in [5.41, 5.74) is 9.16. The number of nitro benzene ring substituents is 1. The van der Waals surface area contributed by atoms with Gasteiger partial charge in [-0.05, 0) is 60.9 Å². The zero-order chi connectivity index (χ0) is 25.6. The molecular formula is C25H17ClFN5O4. The zero-order valence-corrected chi connectivity index (χ0v) is 19.3. The summed E-state index contributed by atoms with van der Waals surface area (Å²) in [5, 5.41) is 18.1. The molecule has 3 aromatic carbocycles. The molecule has 0 unspecified atom stereocenters. The van der Waals surface area contributed by atoms with E-state index >= 15 is 0 Å². The Labute approximate surface area is 208 Å². The van der Waals surface area contributed by atoms with Crippen LogP contribution in [0.5, 0.6) is 0 Å². The number of anilines is 1. The van der Waals surface area contributed by atoms with E-state index in [1.807, 2.05) is 6.07 Å². The second kappa shape index (κ2) is 8.90. The first-order chi connectivity index (χ1) is 17.2. The summed E-state index contributed by atoms with van der Waals surface area (Å²) in [6, 6.07) is 14.9. The molecule has 0 spiro atoms. The number of nitrogens with one attached hydrogen (secondary N) is 1. The van der Waals surface area contributed by atoms with Gasteiger partial charge in [0, 0.05) is 22.9 Å². The minimum Gasteiger partial charge on any atom is -0.364 e. The number of benzene rings is 3. The lowest BCUT2D eigenvalue weighted by molar-refractivity contribution is -0.384. The maximum absolute atomic E-state index is 13.5. The molecule has 3 N–H and O–H groups in total. The number of nitrogens with two attached hydrogens (primary N) is 1. The Bertz CT molecular complexity index is 1570. The fourth-order valence-corrected chi connectivity index (χ4v) is 4.60. The standard InChI is InChI=1S/C25H17ClFN5O4/c26-21-17(2-1-3-20(21)32(35)36)25(34)29-15-8-4-13-5-11-18-22(24(28)33)30-31(23(18)19(13)12-15)16-9-6-14(27)7-10-16/h1-4,6-10,12H,5,11H2,(H2,28,33)(H,29,34). The third-order valence-corrected chi connectivity index (χ3v) is 6.37. The Morgan fingerprint density at radius 3 is 2.56 bits per heavy atom. The third kappa shape index (κ3) is 3.97. The summed E-state index contributed by atoms with van der Waals surface area (Å²) in [6.07, 6.45) is 1.14. The van der Waals surface area contributed by atoms with Gasteiger partial charge in [-0.2, -0.15) is 5.10 Å². The highest BCUT2D eigenvalue weighted by Gasteiger charge is 2.29. The van der Waals surface area contributed by atoms with Crippen molar-refractivity contribution in [3.05, 3.63) is 104 Å². The largest absolute Gasteiger partial charge is 0.364 e. The average Bonchev–Trinajstić information content (AvgIpc) is 3.25. The quantitative estimate of drug-likeness (QED) is 0.300. The van der Waals surface area contributed by atoms with E-state index in [0.717, 1.165) is 5.56 Å². The predicted molar refractivity (Wildman–Crippen MR) is 131 cm³/mol. The van der Waals surface area contributed by atoms with Gasteiger partial charge in [0.15, 0.2) is 5.69 Å². The Morgan fingerprint density at radius 1 is 1.11 bits per heavy atom. The Hall–Kier alpha value is -4.57. The number of halogens is 2. The number of carbonyl (C=O) groups excluding carboxylic acids is 2. The molecule has 180 valence electrons. The molecule has 4 aromatic rings. The molecule has 1 heterocycles. The van der Waals surface area contributed by atoms with Crippen LogP contribution in [0.25, 0.3) is 16.9 Å². The summed E-state index contributed by atoms with van der Waals surface area (Å²) in [6.45, 7) is 0. The van der Waals surface area contributed by atoms with Crippen molar-refractivity contribution >= 4 is 34.8 Å². The molecule has 0 bridgehead atoms. The number of hydrogen-bond donors (Lipinski definition) is 2. The number of fused-ring (bicyclic) bond motifs is 3. The Morgan fingerprint density at radius 2 is 1.86 bits per heavy atom. The van der Waals surface area contributed by atoms with Crippen molar-refractivity contribution in [1.82, 2.24) is 9.78 Å². The van der Waals surface area contributed by atoms with Gasteiger partial charge in [-0.25, -0.2) is 9.07 Å². The van der Waals surface area contributed by atoms with Crippen LogP contribution in [0, 0.1) is 15.9 Å². The molecule has 9 nitrogen and oxygen atoms in total. The number of carbonyl (C=O) groups is 2. The highest BCUT2D eigenvalue weighted by Crippen LogP contribution is 2.38. The van der Waals surface area contributed by atoms with E-state index in [0.29, 0.717) is 41.0 Å². The van der Waals surface area contributed by atoms with Crippen LogP contribution in [-0.2, 0) is 12.8 Å². The van der Waals surface area contributed by atoms with E-state index in [1.165, 1.54) is 47.1 Å².